The van der Waals surface area contributed by atoms with E-state index in [4.69, 9.17) is 16.3 Å². The minimum atomic E-state index is 0.113. The molecule has 1 N–H and O–H groups in total. The van der Waals surface area contributed by atoms with Crippen LogP contribution in [0.25, 0.3) is 0 Å². The van der Waals surface area contributed by atoms with Crippen LogP contribution in [0.4, 0.5) is 0 Å². The number of halogens is 1. The van der Waals surface area contributed by atoms with Gasteiger partial charge in [0.25, 0.3) is 0 Å². The van der Waals surface area contributed by atoms with E-state index in [1.165, 1.54) is 0 Å². The fraction of sp³-hybridized carbons (Fsp3) is 0.917. The van der Waals surface area contributed by atoms with Crippen molar-refractivity contribution in [2.75, 3.05) is 26.1 Å². The van der Waals surface area contributed by atoms with E-state index in [1.807, 2.05) is 5.01 Å². The van der Waals surface area contributed by atoms with Crippen LogP contribution in [0.1, 0.15) is 38.5 Å². The monoisotopic (exact) mass is 262 g/mol. The summed E-state index contributed by atoms with van der Waals surface area (Å²) in [7, 11) is 1.70. The van der Waals surface area contributed by atoms with Crippen LogP contribution in [0.5, 0.6) is 0 Å². The van der Waals surface area contributed by atoms with Crippen molar-refractivity contribution in [3.63, 3.8) is 0 Å². The van der Waals surface area contributed by atoms with Gasteiger partial charge in [0, 0.05) is 26.0 Å². The molecular weight excluding hydrogens is 240 g/mol. The molecule has 0 saturated carbocycles. The largest absolute Gasteiger partial charge is 0.383 e. The lowest BCUT2D eigenvalue weighted by Gasteiger charge is -2.24. The van der Waals surface area contributed by atoms with Crippen molar-refractivity contribution in [2.24, 2.45) is 0 Å². The number of ether oxygens (including phenoxy) is 1. The molecule has 1 amide bonds. The van der Waals surface area contributed by atoms with Crippen LogP contribution in [0, 0.1) is 0 Å². The van der Waals surface area contributed by atoms with Crippen LogP contribution in [0.15, 0.2) is 0 Å². The zero-order valence-electron chi connectivity index (χ0n) is 10.6. The van der Waals surface area contributed by atoms with E-state index in [2.05, 4.69) is 5.43 Å². The summed E-state index contributed by atoms with van der Waals surface area (Å²) in [6, 6.07) is 0.340. The highest BCUT2D eigenvalue weighted by molar-refractivity contribution is 6.17. The lowest BCUT2D eigenvalue weighted by Crippen LogP contribution is -2.46. The lowest BCUT2D eigenvalue weighted by atomic mass is 10.2. The molecule has 0 aromatic heterocycles. The number of unbranched alkanes of at least 4 members (excludes halogenated alkanes) is 2. The van der Waals surface area contributed by atoms with Crippen molar-refractivity contribution in [3.8, 4) is 0 Å². The van der Waals surface area contributed by atoms with E-state index in [0.29, 0.717) is 24.9 Å². The van der Waals surface area contributed by atoms with Gasteiger partial charge in [-0.25, -0.2) is 5.01 Å². The van der Waals surface area contributed by atoms with Gasteiger partial charge in [-0.1, -0.05) is 6.42 Å². The van der Waals surface area contributed by atoms with Gasteiger partial charge in [-0.3, -0.25) is 10.2 Å². The normalized spacial score (nSPS) is 20.7. The van der Waals surface area contributed by atoms with Crippen LogP contribution >= 0.6 is 11.6 Å². The Morgan fingerprint density at radius 2 is 2.29 bits per heavy atom. The summed E-state index contributed by atoms with van der Waals surface area (Å²) in [5.41, 5.74) is 2.97. The Labute approximate surface area is 109 Å². The van der Waals surface area contributed by atoms with Gasteiger partial charge >= 0.3 is 0 Å². The molecule has 1 heterocycles. The average Bonchev–Trinajstić information content (AvgIpc) is 2.73. The second-order valence-electron chi connectivity index (χ2n) is 4.48. The maximum atomic E-state index is 11.7. The molecule has 0 unspecified atom stereocenters. The van der Waals surface area contributed by atoms with E-state index >= 15 is 0 Å². The second kappa shape index (κ2) is 8.72. The van der Waals surface area contributed by atoms with Gasteiger partial charge in [0.05, 0.1) is 12.6 Å². The van der Waals surface area contributed by atoms with Crippen molar-refractivity contribution < 1.29 is 9.53 Å². The number of methoxy groups -OCH3 is 1. The summed E-state index contributed by atoms with van der Waals surface area (Å²) in [6.07, 6.45) is 5.75. The van der Waals surface area contributed by atoms with Crippen molar-refractivity contribution >= 4 is 17.5 Å². The Balaban J connectivity index is 2.16. The molecule has 100 valence electrons. The number of nitrogens with one attached hydrogen (secondary N) is 1. The van der Waals surface area contributed by atoms with E-state index in [-0.39, 0.29) is 5.91 Å². The Kier molecular flexibility index (Phi) is 7.56. The summed E-state index contributed by atoms with van der Waals surface area (Å²) in [5.74, 6) is 0.798. The molecule has 0 bridgehead atoms. The summed E-state index contributed by atoms with van der Waals surface area (Å²) in [6.45, 7) is 1.62. The quantitative estimate of drug-likeness (QED) is 0.537. The SMILES string of the molecule is COC[C@@H]1CCCN1NC(=O)CCCCCCl. The first-order valence-electron chi connectivity index (χ1n) is 6.39. The van der Waals surface area contributed by atoms with Gasteiger partial charge in [-0.15, -0.1) is 11.6 Å². The Bertz CT molecular complexity index is 227. The number of alkyl halides is 1. The molecule has 0 aliphatic carbocycles. The molecule has 1 rings (SSSR count). The molecule has 5 heteroatoms. The van der Waals surface area contributed by atoms with Crippen molar-refractivity contribution in [3.05, 3.63) is 0 Å². The topological polar surface area (TPSA) is 41.6 Å². The zero-order valence-corrected chi connectivity index (χ0v) is 11.3. The molecule has 0 radical (unpaired) electrons. The maximum Gasteiger partial charge on any atom is 0.234 e. The minimum absolute atomic E-state index is 0.113. The van der Waals surface area contributed by atoms with Crippen LogP contribution < -0.4 is 5.43 Å². The smallest absolute Gasteiger partial charge is 0.234 e. The number of hydrazine groups is 1. The molecule has 0 aromatic rings. The molecule has 1 fully saturated rings. The van der Waals surface area contributed by atoms with Crippen LogP contribution in [-0.4, -0.2) is 43.1 Å². The van der Waals surface area contributed by atoms with Gasteiger partial charge in [-0.2, -0.15) is 0 Å². The summed E-state index contributed by atoms with van der Waals surface area (Å²) in [5, 5.41) is 2.02. The van der Waals surface area contributed by atoms with Crippen LogP contribution in [0.2, 0.25) is 0 Å². The number of nitrogens with zero attached hydrogens (tertiary/aromatic N) is 1. The average molecular weight is 263 g/mol. The highest BCUT2D eigenvalue weighted by atomic mass is 35.5. The van der Waals surface area contributed by atoms with E-state index in [9.17, 15) is 4.79 Å². The first-order valence-corrected chi connectivity index (χ1v) is 6.92. The maximum absolute atomic E-state index is 11.7. The fourth-order valence-corrected chi connectivity index (χ4v) is 2.31. The van der Waals surface area contributed by atoms with E-state index in [1.54, 1.807) is 7.11 Å². The number of hydrogen-bond donors (Lipinski definition) is 1. The molecule has 0 aromatic carbocycles. The number of amides is 1. The second-order valence-corrected chi connectivity index (χ2v) is 4.86. The lowest BCUT2D eigenvalue weighted by molar-refractivity contribution is -0.126. The van der Waals surface area contributed by atoms with Gasteiger partial charge in [-0.05, 0) is 25.7 Å². The number of carbonyl (C=O) groups is 1. The molecular formula is C12H23ClN2O2. The van der Waals surface area contributed by atoms with Crippen molar-refractivity contribution in [1.82, 2.24) is 10.4 Å². The molecule has 4 nitrogen and oxygen atoms in total. The first kappa shape index (κ1) is 14.7. The predicted molar refractivity (Wildman–Crippen MR) is 68.9 cm³/mol. The minimum Gasteiger partial charge on any atom is -0.383 e. The highest BCUT2D eigenvalue weighted by Crippen LogP contribution is 2.15. The Morgan fingerprint density at radius 3 is 3.00 bits per heavy atom. The fourth-order valence-electron chi connectivity index (χ4n) is 2.12. The van der Waals surface area contributed by atoms with Crippen molar-refractivity contribution in [2.45, 2.75) is 44.6 Å². The van der Waals surface area contributed by atoms with Crippen LogP contribution in [-0.2, 0) is 9.53 Å². The summed E-state index contributed by atoms with van der Waals surface area (Å²) in [4.78, 5) is 11.7. The first-order chi connectivity index (χ1) is 8.27. The predicted octanol–water partition coefficient (Wildman–Crippen LogP) is 1.93. The molecule has 1 saturated heterocycles. The van der Waals surface area contributed by atoms with E-state index < -0.39 is 0 Å². The third kappa shape index (κ3) is 5.70. The molecule has 1 aliphatic rings. The van der Waals surface area contributed by atoms with Gasteiger partial charge in [0.15, 0.2) is 0 Å². The van der Waals surface area contributed by atoms with Crippen LogP contribution in [0.3, 0.4) is 0 Å². The summed E-state index contributed by atoms with van der Waals surface area (Å²) >= 11 is 5.59. The highest BCUT2D eigenvalue weighted by Gasteiger charge is 2.25. The molecule has 1 atom stereocenters. The third-order valence-electron chi connectivity index (χ3n) is 3.04. The summed E-state index contributed by atoms with van der Waals surface area (Å²) < 4.78 is 5.14. The van der Waals surface area contributed by atoms with Crippen molar-refractivity contribution in [1.29, 1.82) is 0 Å². The number of rotatable bonds is 8. The van der Waals surface area contributed by atoms with Gasteiger partial charge in [0.1, 0.15) is 0 Å². The van der Waals surface area contributed by atoms with Gasteiger partial charge < -0.3 is 4.74 Å². The van der Waals surface area contributed by atoms with Gasteiger partial charge in [0.2, 0.25) is 5.91 Å². The standard InChI is InChI=1S/C12H23ClN2O2/c1-17-10-11-6-5-9-15(11)14-12(16)7-3-2-4-8-13/h11H,2-10H2,1H3,(H,14,16)/t11-/m0/s1. The van der Waals surface area contributed by atoms with E-state index in [0.717, 1.165) is 38.6 Å². The zero-order chi connectivity index (χ0) is 12.5. The Hall–Kier alpha value is -0.320. The number of hydrogen-bond acceptors (Lipinski definition) is 3. The third-order valence-corrected chi connectivity index (χ3v) is 3.31. The molecule has 17 heavy (non-hydrogen) atoms. The number of carbonyl (C=O) groups excluding carboxylic acids is 1. The molecule has 1 aliphatic heterocycles. The Morgan fingerprint density at radius 1 is 1.47 bits per heavy atom. The molecule has 0 spiro atoms.